The van der Waals surface area contributed by atoms with Gasteiger partial charge in [-0.1, -0.05) is 24.3 Å². The minimum Gasteiger partial charge on any atom is -0.497 e. The molecule has 0 spiro atoms. The van der Waals surface area contributed by atoms with Gasteiger partial charge in [0.15, 0.2) is 5.82 Å². The molecule has 2 bridgehead atoms. The summed E-state index contributed by atoms with van der Waals surface area (Å²) in [6, 6.07) is 12.8. The minimum absolute atomic E-state index is 0.0167. The van der Waals surface area contributed by atoms with Crippen molar-refractivity contribution in [1.29, 1.82) is 0 Å². The summed E-state index contributed by atoms with van der Waals surface area (Å²) in [5.74, 6) is -1.46. The summed E-state index contributed by atoms with van der Waals surface area (Å²) in [4.78, 5) is 33.3. The van der Waals surface area contributed by atoms with Crippen LogP contribution in [0, 0.1) is 18.6 Å². The van der Waals surface area contributed by atoms with Crippen molar-refractivity contribution in [3.63, 3.8) is 0 Å². The second kappa shape index (κ2) is 16.8. The number of hydrogen-bond donors (Lipinski definition) is 1. The normalized spacial score (nSPS) is 24.3. The van der Waals surface area contributed by atoms with Gasteiger partial charge in [0.05, 0.1) is 49.1 Å². The number of anilines is 2. The van der Waals surface area contributed by atoms with Gasteiger partial charge in [-0.15, -0.1) is 0 Å². The van der Waals surface area contributed by atoms with Gasteiger partial charge in [0.2, 0.25) is 5.88 Å². The van der Waals surface area contributed by atoms with Crippen LogP contribution in [0.4, 0.5) is 42.6 Å². The molecule has 7 heterocycles. The SMILES string of the molecule is COc1ccc(CN(Cc2ccc(OC)cc2)c2cc(-c3nc4c5c(nc(OC[C@@]67CCCN6C[C@H](F)C7)nc5c3F)N3CC5CCC(C3C(C)O4)N5C(=O)O)c(C(F)(F)F)c(C)c2F)cc1. The minimum atomic E-state index is -5.20. The molecule has 1 amide bonds. The fourth-order valence-electron chi connectivity index (χ4n) is 11.3. The molecule has 5 aliphatic heterocycles. The molecule has 5 aromatic rings. The highest BCUT2D eigenvalue weighted by Crippen LogP contribution is 2.50. The topological polar surface area (TPSA) is 126 Å². The molecule has 5 aliphatic rings. The van der Waals surface area contributed by atoms with E-state index in [0.29, 0.717) is 48.4 Å². The Kier molecular flexibility index (Phi) is 11.2. The molecule has 2 aromatic heterocycles. The Morgan fingerprint density at radius 1 is 0.955 bits per heavy atom. The number of methoxy groups -OCH3 is 2. The van der Waals surface area contributed by atoms with Crippen LogP contribution in [0.1, 0.15) is 61.3 Å². The van der Waals surface area contributed by atoms with Gasteiger partial charge in [0, 0.05) is 38.2 Å². The van der Waals surface area contributed by atoms with Crippen LogP contribution < -0.4 is 28.7 Å². The first kappa shape index (κ1) is 44.6. The number of pyridine rings is 1. The van der Waals surface area contributed by atoms with Crippen molar-refractivity contribution in [1.82, 2.24) is 24.8 Å². The average molecular weight is 934 g/mol. The summed E-state index contributed by atoms with van der Waals surface area (Å²) < 4.78 is 120. The van der Waals surface area contributed by atoms with E-state index in [0.717, 1.165) is 19.4 Å². The second-order valence-corrected chi connectivity index (χ2v) is 18.3. The summed E-state index contributed by atoms with van der Waals surface area (Å²) in [6.45, 7) is 3.76. The van der Waals surface area contributed by atoms with Crippen LogP contribution in [0.3, 0.4) is 0 Å². The molecule has 0 radical (unpaired) electrons. The number of piperazine rings is 1. The average Bonchev–Trinajstić information content (AvgIpc) is 3.92. The highest BCUT2D eigenvalue weighted by atomic mass is 19.4. The van der Waals surface area contributed by atoms with Crippen molar-refractivity contribution in [2.24, 2.45) is 0 Å². The maximum Gasteiger partial charge on any atom is 0.417 e. The van der Waals surface area contributed by atoms with E-state index in [2.05, 4.69) is 9.97 Å². The summed E-state index contributed by atoms with van der Waals surface area (Å²) in [6.07, 6.45) is -5.50. The molecule has 4 saturated heterocycles. The van der Waals surface area contributed by atoms with Crippen LogP contribution in [0.5, 0.6) is 23.4 Å². The molecule has 67 heavy (non-hydrogen) atoms. The summed E-state index contributed by atoms with van der Waals surface area (Å²) in [5.41, 5.74) is -3.81. The number of rotatable bonds is 11. The van der Waals surface area contributed by atoms with E-state index in [-0.39, 0.29) is 68.0 Å². The number of halogens is 6. The summed E-state index contributed by atoms with van der Waals surface area (Å²) in [5, 5.41) is 10.3. The molecule has 13 nitrogen and oxygen atoms in total. The maximum atomic E-state index is 17.9. The number of aromatic nitrogens is 3. The molecular formula is C48H49F6N7O6. The lowest BCUT2D eigenvalue weighted by Gasteiger charge is -2.47. The van der Waals surface area contributed by atoms with Crippen LogP contribution in [0.2, 0.25) is 0 Å². The number of fused-ring (bicyclic) bond motifs is 6. The predicted octanol–water partition coefficient (Wildman–Crippen LogP) is 8.96. The third-order valence-corrected chi connectivity index (χ3v) is 14.3. The molecule has 19 heteroatoms. The number of carbonyl (C=O) groups is 1. The van der Waals surface area contributed by atoms with Crippen LogP contribution in [-0.4, -0.2) is 112 Å². The maximum absolute atomic E-state index is 17.9. The van der Waals surface area contributed by atoms with Crippen LogP contribution in [0.15, 0.2) is 54.6 Å². The largest absolute Gasteiger partial charge is 0.497 e. The van der Waals surface area contributed by atoms with E-state index in [9.17, 15) is 14.3 Å². The van der Waals surface area contributed by atoms with E-state index < -0.39 is 87.7 Å². The van der Waals surface area contributed by atoms with Crippen molar-refractivity contribution in [3.05, 3.63) is 88.5 Å². The highest BCUT2D eigenvalue weighted by molar-refractivity contribution is 5.98. The van der Waals surface area contributed by atoms with Gasteiger partial charge in [-0.2, -0.15) is 23.1 Å². The van der Waals surface area contributed by atoms with E-state index in [1.807, 2.05) is 9.80 Å². The first-order valence-corrected chi connectivity index (χ1v) is 22.4. The van der Waals surface area contributed by atoms with Gasteiger partial charge in [-0.25, -0.2) is 22.9 Å². The zero-order chi connectivity index (χ0) is 47.1. The number of carboxylic acid groups (broad SMARTS) is 1. The molecule has 1 N–H and O–H groups in total. The molecule has 4 fully saturated rings. The Hall–Kier alpha value is -6.24. The molecule has 6 atom stereocenters. The second-order valence-electron chi connectivity index (χ2n) is 18.3. The number of alkyl halides is 4. The van der Waals surface area contributed by atoms with Gasteiger partial charge in [-0.05, 0) is 93.1 Å². The van der Waals surface area contributed by atoms with E-state index >= 15 is 22.0 Å². The molecule has 3 aromatic carbocycles. The molecule has 10 rings (SSSR count). The van der Waals surface area contributed by atoms with Crippen molar-refractivity contribution < 1.29 is 55.2 Å². The Morgan fingerprint density at radius 3 is 2.25 bits per heavy atom. The standard InChI is InChI=1S/C48H49F6N7O6/c1-25-37(48(52,53)54)33(18-35(38(25)50)58(20-27-6-11-31(64-3)12-7-27)21-28-8-13-32(65-4)14-9-28)40-39(51)41-36-43(57-45(56-41)66-24-47-16-5-17-59(47)22-29(49)19-47)60-23-30-10-15-34(61(30)46(62)63)42(60)26(2)67-44(36)55-40/h6-9,11-14,18,26,29-30,34,42H,5,10,15-17,19-24H2,1-4H3,(H,62,63)/t26?,29-,30?,34?,42?,47+/m1/s1. The quantitative estimate of drug-likeness (QED) is 0.127. The molecular weight excluding hydrogens is 885 g/mol. The van der Waals surface area contributed by atoms with Crippen molar-refractivity contribution in [3.8, 4) is 34.6 Å². The van der Waals surface area contributed by atoms with Crippen molar-refractivity contribution in [2.45, 2.75) is 101 Å². The number of hydrogen-bond acceptors (Lipinski definition) is 11. The Balaban J connectivity index is 1.16. The van der Waals surface area contributed by atoms with E-state index in [1.54, 1.807) is 60.4 Å². The number of amides is 1. The van der Waals surface area contributed by atoms with Crippen molar-refractivity contribution >= 4 is 28.5 Å². The summed E-state index contributed by atoms with van der Waals surface area (Å²) >= 11 is 0. The first-order valence-electron chi connectivity index (χ1n) is 22.4. The molecule has 4 unspecified atom stereocenters. The Morgan fingerprint density at radius 2 is 1.63 bits per heavy atom. The van der Waals surface area contributed by atoms with E-state index in [1.165, 1.54) is 19.1 Å². The third-order valence-electron chi connectivity index (χ3n) is 14.3. The predicted molar refractivity (Wildman–Crippen MR) is 235 cm³/mol. The zero-order valence-corrected chi connectivity index (χ0v) is 37.2. The van der Waals surface area contributed by atoms with Gasteiger partial charge in [0.1, 0.15) is 58.6 Å². The molecule has 0 aliphatic carbocycles. The zero-order valence-electron chi connectivity index (χ0n) is 37.2. The van der Waals surface area contributed by atoms with Crippen LogP contribution in [0.25, 0.3) is 22.2 Å². The fraction of sp³-hybridized carbons (Fsp3) is 0.458. The molecule has 0 saturated carbocycles. The highest BCUT2D eigenvalue weighted by Gasteiger charge is 2.54. The number of ether oxygens (including phenoxy) is 4. The fourth-order valence-corrected chi connectivity index (χ4v) is 11.3. The first-order chi connectivity index (χ1) is 32.1. The summed E-state index contributed by atoms with van der Waals surface area (Å²) in [7, 11) is 3.02. The third kappa shape index (κ3) is 7.71. The number of benzene rings is 3. The lowest BCUT2D eigenvalue weighted by atomic mass is 9.95. The Labute approximate surface area is 382 Å². The van der Waals surface area contributed by atoms with Gasteiger partial charge >= 0.3 is 18.3 Å². The lowest BCUT2D eigenvalue weighted by molar-refractivity contribution is -0.137. The smallest absolute Gasteiger partial charge is 0.417 e. The number of nitrogens with zero attached hydrogens (tertiary/aromatic N) is 7. The lowest BCUT2D eigenvalue weighted by Crippen LogP contribution is -2.64. The van der Waals surface area contributed by atoms with Gasteiger partial charge < -0.3 is 33.9 Å². The van der Waals surface area contributed by atoms with E-state index in [4.69, 9.17) is 23.9 Å². The Bertz CT molecular complexity index is 2680. The van der Waals surface area contributed by atoms with Gasteiger partial charge in [0.25, 0.3) is 0 Å². The van der Waals surface area contributed by atoms with Crippen LogP contribution in [-0.2, 0) is 19.3 Å². The van der Waals surface area contributed by atoms with Crippen LogP contribution >= 0.6 is 0 Å². The monoisotopic (exact) mass is 933 g/mol. The van der Waals surface area contributed by atoms with Gasteiger partial charge in [-0.3, -0.25) is 9.80 Å². The van der Waals surface area contributed by atoms with Crippen molar-refractivity contribution in [2.75, 3.05) is 50.3 Å². The molecule has 354 valence electrons.